The van der Waals surface area contributed by atoms with Crippen LogP contribution in [-0.2, 0) is 10.0 Å². The van der Waals surface area contributed by atoms with Crippen molar-refractivity contribution in [2.24, 2.45) is 5.14 Å². The van der Waals surface area contributed by atoms with E-state index in [-0.39, 0.29) is 80.9 Å². The van der Waals surface area contributed by atoms with Gasteiger partial charge in [0.25, 0.3) is 5.69 Å². The van der Waals surface area contributed by atoms with Crippen LogP contribution in [0, 0.1) is 10.1 Å². The van der Waals surface area contributed by atoms with Crippen LogP contribution >= 0.6 is 0 Å². The van der Waals surface area contributed by atoms with Crippen LogP contribution in [0.5, 0.6) is 0 Å². The number of nitro groups is 1. The van der Waals surface area contributed by atoms with Gasteiger partial charge in [0.05, 0.1) is 26.2 Å². The van der Waals surface area contributed by atoms with Crippen LogP contribution in [0.3, 0.4) is 0 Å². The number of fused-ring (bicyclic) bond motifs is 3. The molecule has 1 aromatic heterocycles. The van der Waals surface area contributed by atoms with Gasteiger partial charge in [-0.05, 0) is 6.07 Å². The number of hydrogen-bond acceptors (Lipinski definition) is 6. The molecule has 0 spiro atoms. The monoisotopic (exact) mass is 382 g/mol. The second kappa shape index (κ2) is 7.68. The van der Waals surface area contributed by atoms with Crippen molar-refractivity contribution in [3.8, 4) is 0 Å². The predicted octanol–water partition coefficient (Wildman–Crippen LogP) is -6.07. The number of primary sulfonamides is 1. The van der Waals surface area contributed by atoms with Crippen LogP contribution < -0.4 is 75.4 Å². The smallest absolute Gasteiger partial charge is 0.316 e. The molecule has 0 aliphatic heterocycles. The zero-order valence-corrected chi connectivity index (χ0v) is 18.0. The molecule has 25 heavy (non-hydrogen) atoms. The van der Waals surface area contributed by atoms with Crippen LogP contribution in [0.15, 0.2) is 38.8 Å². The molecule has 1 heterocycles. The minimum Gasteiger partial charge on any atom is -0.316 e. The molecule has 0 atom stereocenters. The molecule has 3 aromatic rings. The molecule has 4 N–H and O–H groups in total. The summed E-state index contributed by atoms with van der Waals surface area (Å²) in [6.07, 6.45) is 0. The third-order valence-electron chi connectivity index (χ3n) is 3.30. The van der Waals surface area contributed by atoms with Gasteiger partial charge in [-0.25, -0.2) is 13.6 Å². The first-order valence-corrected chi connectivity index (χ1v) is 7.64. The summed E-state index contributed by atoms with van der Waals surface area (Å²) in [4.78, 5) is 37.5. The predicted molar refractivity (Wildman–Crippen MR) is 80.7 cm³/mol. The summed E-state index contributed by atoms with van der Waals surface area (Å²) in [5.74, 6) is 0. The van der Waals surface area contributed by atoms with E-state index in [2.05, 4.69) is 9.97 Å². The van der Waals surface area contributed by atoms with Crippen molar-refractivity contribution in [1.82, 2.24) is 9.97 Å². The maximum absolute atomic E-state index is 11.7. The Balaban J connectivity index is 0.00000156. The second-order valence-electron chi connectivity index (χ2n) is 4.71. The summed E-state index contributed by atoms with van der Waals surface area (Å²) in [6.45, 7) is 0. The minimum absolute atomic E-state index is 0. The van der Waals surface area contributed by atoms with Crippen LogP contribution in [-0.4, -0.2) is 23.3 Å². The largest absolute Gasteiger partial charge is 1.00 e. The molecule has 0 bridgehead atoms. The normalized spacial score (nSPS) is 10.9. The maximum Gasteiger partial charge on any atom is 1.00 e. The Bertz CT molecular complexity index is 1220. The number of benzene rings is 2. The average molecular weight is 382 g/mol. The number of hydrogen-bond donors (Lipinski definition) is 3. The Morgan fingerprint density at radius 1 is 1.08 bits per heavy atom. The number of sulfonamides is 1. The topological polar surface area (TPSA) is 169 Å². The van der Waals surface area contributed by atoms with E-state index in [9.17, 15) is 28.1 Å². The fourth-order valence-corrected chi connectivity index (χ4v) is 3.16. The molecule has 2 aromatic carbocycles. The fourth-order valence-electron chi connectivity index (χ4n) is 2.39. The molecular formula is C12H8N4Na2O6S+2. The Morgan fingerprint density at radius 2 is 1.68 bits per heavy atom. The number of nitrogens with two attached hydrogens (primary N) is 1. The van der Waals surface area contributed by atoms with Crippen molar-refractivity contribution < 1.29 is 72.5 Å². The van der Waals surface area contributed by atoms with Crippen molar-refractivity contribution in [2.45, 2.75) is 4.90 Å². The van der Waals surface area contributed by atoms with Crippen molar-refractivity contribution in [1.29, 1.82) is 0 Å². The van der Waals surface area contributed by atoms with E-state index >= 15 is 0 Å². The zero-order chi connectivity index (χ0) is 16.9. The second-order valence-corrected chi connectivity index (χ2v) is 6.24. The molecule has 118 valence electrons. The number of rotatable bonds is 2. The number of aromatic amines is 2. The van der Waals surface area contributed by atoms with Gasteiger partial charge in [0, 0.05) is 11.5 Å². The Morgan fingerprint density at radius 3 is 2.24 bits per heavy atom. The third-order valence-corrected chi connectivity index (χ3v) is 4.25. The van der Waals surface area contributed by atoms with Crippen LogP contribution in [0.2, 0.25) is 0 Å². The number of nitro benzene ring substituents is 1. The van der Waals surface area contributed by atoms with Crippen LogP contribution in [0.25, 0.3) is 21.8 Å². The Labute approximate surface area is 183 Å². The van der Waals surface area contributed by atoms with Gasteiger partial charge in [0.1, 0.15) is 0 Å². The molecule has 0 fully saturated rings. The fraction of sp³-hybridized carbons (Fsp3) is 0. The van der Waals surface area contributed by atoms with E-state index in [1.165, 1.54) is 12.1 Å². The molecule has 3 rings (SSSR count). The Hall–Kier alpha value is -1.05. The molecule has 0 amide bonds. The standard InChI is InChI=1S/C12H8N4O6S.2Na/c13-23(21,22)8-3-1-2-5-9(8)7(16(19)20)4-6-10(5)15-12(18)11(17)14-6;;/h1-4H,(H,14,17)(H,15,18)(H2,13,21,22);;/q;2*+1. The van der Waals surface area contributed by atoms with E-state index in [1.807, 2.05) is 0 Å². The van der Waals surface area contributed by atoms with Crippen molar-refractivity contribution >= 4 is 37.5 Å². The quantitative estimate of drug-likeness (QED) is 0.131. The first-order chi connectivity index (χ1) is 10.7. The first-order valence-electron chi connectivity index (χ1n) is 6.09. The summed E-state index contributed by atoms with van der Waals surface area (Å²) in [5.41, 5.74) is -2.43. The summed E-state index contributed by atoms with van der Waals surface area (Å²) in [7, 11) is -4.24. The number of H-pyrrole nitrogens is 2. The summed E-state index contributed by atoms with van der Waals surface area (Å²) in [5, 5.41) is 16.2. The van der Waals surface area contributed by atoms with Gasteiger partial charge in [-0.3, -0.25) is 19.7 Å². The number of nitrogens with one attached hydrogen (secondary N) is 2. The van der Waals surface area contributed by atoms with Gasteiger partial charge in [-0.1, -0.05) is 12.1 Å². The Kier molecular flexibility index (Phi) is 6.75. The van der Waals surface area contributed by atoms with Gasteiger partial charge in [-0.2, -0.15) is 0 Å². The molecule has 0 saturated heterocycles. The van der Waals surface area contributed by atoms with Gasteiger partial charge in [0.2, 0.25) is 10.0 Å². The number of nitrogens with zero attached hydrogens (tertiary/aromatic N) is 1. The van der Waals surface area contributed by atoms with Gasteiger partial charge >= 0.3 is 70.2 Å². The van der Waals surface area contributed by atoms with E-state index < -0.39 is 36.6 Å². The van der Waals surface area contributed by atoms with E-state index in [1.54, 1.807) is 0 Å². The van der Waals surface area contributed by atoms with E-state index in [0.717, 1.165) is 12.1 Å². The van der Waals surface area contributed by atoms with Crippen LogP contribution in [0.1, 0.15) is 0 Å². The zero-order valence-electron chi connectivity index (χ0n) is 13.2. The molecule has 0 aliphatic rings. The number of non-ortho nitro benzene ring substituents is 1. The molecule has 0 saturated carbocycles. The van der Waals surface area contributed by atoms with Crippen LogP contribution in [0.4, 0.5) is 5.69 Å². The van der Waals surface area contributed by atoms with Gasteiger partial charge in [0.15, 0.2) is 0 Å². The van der Waals surface area contributed by atoms with Gasteiger partial charge in [-0.15, -0.1) is 0 Å². The molecular weight excluding hydrogens is 374 g/mol. The van der Waals surface area contributed by atoms with E-state index in [0.29, 0.717) is 0 Å². The summed E-state index contributed by atoms with van der Waals surface area (Å²) < 4.78 is 23.4. The van der Waals surface area contributed by atoms with Crippen molar-refractivity contribution in [3.63, 3.8) is 0 Å². The van der Waals surface area contributed by atoms with Crippen molar-refractivity contribution in [3.05, 3.63) is 55.1 Å². The molecule has 10 nitrogen and oxygen atoms in total. The molecule has 0 unspecified atom stereocenters. The SMILES string of the molecule is NS(=O)(=O)c1cccc2c1c([N+](=O)[O-])cc1[nH]c(=O)c(=O)[nH]c12.[Na+].[Na+]. The van der Waals surface area contributed by atoms with Crippen molar-refractivity contribution in [2.75, 3.05) is 0 Å². The summed E-state index contributed by atoms with van der Waals surface area (Å²) >= 11 is 0. The van der Waals surface area contributed by atoms with E-state index in [4.69, 9.17) is 5.14 Å². The average Bonchev–Trinajstić information content (AvgIpc) is 2.46. The first kappa shape index (κ1) is 22.0. The molecule has 0 aliphatic carbocycles. The number of aromatic nitrogens is 2. The molecule has 0 radical (unpaired) electrons. The third kappa shape index (κ3) is 3.88. The summed E-state index contributed by atoms with van der Waals surface area (Å²) in [6, 6.07) is 4.81. The molecule has 13 heteroatoms. The van der Waals surface area contributed by atoms with Gasteiger partial charge < -0.3 is 9.97 Å². The maximum atomic E-state index is 11.7. The minimum atomic E-state index is -4.24.